The van der Waals surface area contributed by atoms with Crippen molar-refractivity contribution in [2.24, 2.45) is 0 Å². The van der Waals surface area contributed by atoms with Crippen LogP contribution in [0.5, 0.6) is 0 Å². The second kappa shape index (κ2) is 9.55. The number of non-ortho nitro benzene ring substituents is 1. The summed E-state index contributed by atoms with van der Waals surface area (Å²) in [5.74, 6) is -1.51. The number of esters is 1. The number of nitrogens with one attached hydrogen (secondary N) is 1. The zero-order chi connectivity index (χ0) is 25.2. The standard InChI is InChI=1S/C24H21N3O7S/c1-16-13-19(27(30)31)9-10-21(16)25-23(28)15-34-24(29)18-6-4-7-20(14-18)35(32,33)26-12-11-17-5-2-3-8-22(17)26/h2-10,13-14H,11-12,15H2,1H3,(H,25,28). The summed E-state index contributed by atoms with van der Waals surface area (Å²) < 4.78 is 32.8. The number of sulfonamides is 1. The van der Waals surface area contributed by atoms with Crippen LogP contribution < -0.4 is 9.62 Å². The fourth-order valence-corrected chi connectivity index (χ4v) is 5.32. The Hall–Kier alpha value is -4.25. The minimum atomic E-state index is -3.90. The Bertz CT molecular complexity index is 1440. The van der Waals surface area contributed by atoms with Crippen LogP contribution in [0.4, 0.5) is 17.1 Å². The monoisotopic (exact) mass is 495 g/mol. The molecular weight excluding hydrogens is 474 g/mol. The van der Waals surface area contributed by atoms with E-state index in [1.54, 1.807) is 19.1 Å². The Morgan fingerprint density at radius 2 is 1.86 bits per heavy atom. The molecule has 1 heterocycles. The number of rotatable bonds is 7. The normalized spacial score (nSPS) is 12.7. The van der Waals surface area contributed by atoms with Crippen LogP contribution in [0.3, 0.4) is 0 Å². The summed E-state index contributed by atoms with van der Waals surface area (Å²) in [5, 5.41) is 13.4. The minimum Gasteiger partial charge on any atom is -0.452 e. The largest absolute Gasteiger partial charge is 0.452 e. The van der Waals surface area contributed by atoms with E-state index in [1.165, 1.54) is 46.8 Å². The van der Waals surface area contributed by atoms with Crippen molar-refractivity contribution in [2.45, 2.75) is 18.2 Å². The van der Waals surface area contributed by atoms with Crippen LogP contribution in [-0.4, -0.2) is 38.4 Å². The number of fused-ring (bicyclic) bond motifs is 1. The maximum Gasteiger partial charge on any atom is 0.338 e. The lowest BCUT2D eigenvalue weighted by Crippen LogP contribution is -2.29. The van der Waals surface area contributed by atoms with E-state index in [4.69, 9.17) is 4.74 Å². The van der Waals surface area contributed by atoms with Gasteiger partial charge in [0.15, 0.2) is 6.61 Å². The maximum atomic E-state index is 13.2. The highest BCUT2D eigenvalue weighted by molar-refractivity contribution is 7.92. The summed E-state index contributed by atoms with van der Waals surface area (Å²) in [5.41, 5.74) is 2.23. The molecule has 1 N–H and O–H groups in total. The van der Waals surface area contributed by atoms with Gasteiger partial charge in [-0.15, -0.1) is 0 Å². The van der Waals surface area contributed by atoms with E-state index in [1.807, 2.05) is 12.1 Å². The molecule has 0 saturated heterocycles. The van der Waals surface area contributed by atoms with E-state index in [2.05, 4.69) is 5.32 Å². The molecule has 3 aromatic rings. The first-order valence-corrected chi connectivity index (χ1v) is 12.0. The van der Waals surface area contributed by atoms with Crippen LogP contribution in [-0.2, 0) is 26.0 Å². The first-order chi connectivity index (χ1) is 16.7. The second-order valence-electron chi connectivity index (χ2n) is 7.86. The number of benzene rings is 3. The van der Waals surface area contributed by atoms with E-state index < -0.39 is 33.4 Å². The SMILES string of the molecule is Cc1cc([N+](=O)[O-])ccc1NC(=O)COC(=O)c1cccc(S(=O)(=O)N2CCc3ccccc32)c1. The molecule has 0 radical (unpaired) electrons. The number of nitro groups is 1. The quantitative estimate of drug-likeness (QED) is 0.301. The van der Waals surface area contributed by atoms with Crippen molar-refractivity contribution in [1.29, 1.82) is 0 Å². The molecule has 0 aliphatic carbocycles. The number of para-hydroxylation sites is 1. The van der Waals surface area contributed by atoms with Gasteiger partial charge in [-0.25, -0.2) is 13.2 Å². The van der Waals surface area contributed by atoms with Crippen LogP contribution in [0.2, 0.25) is 0 Å². The lowest BCUT2D eigenvalue weighted by molar-refractivity contribution is -0.384. The van der Waals surface area contributed by atoms with Gasteiger partial charge in [-0.3, -0.25) is 19.2 Å². The number of anilines is 2. The summed E-state index contributed by atoms with van der Waals surface area (Å²) in [4.78, 5) is 34.9. The highest BCUT2D eigenvalue weighted by atomic mass is 32.2. The van der Waals surface area contributed by atoms with Gasteiger partial charge in [0.2, 0.25) is 0 Å². The molecular formula is C24H21N3O7S. The molecule has 35 heavy (non-hydrogen) atoms. The predicted octanol–water partition coefficient (Wildman–Crippen LogP) is 3.45. The molecule has 0 atom stereocenters. The van der Waals surface area contributed by atoms with Crippen LogP contribution in [0.15, 0.2) is 71.6 Å². The van der Waals surface area contributed by atoms with Gasteiger partial charge in [-0.1, -0.05) is 24.3 Å². The van der Waals surface area contributed by atoms with Gasteiger partial charge >= 0.3 is 5.97 Å². The highest BCUT2D eigenvalue weighted by Crippen LogP contribution is 2.32. The van der Waals surface area contributed by atoms with E-state index in [0.29, 0.717) is 29.9 Å². The van der Waals surface area contributed by atoms with E-state index in [0.717, 1.165) is 5.56 Å². The molecule has 1 aliphatic rings. The average Bonchev–Trinajstić information content (AvgIpc) is 3.29. The number of carbonyl (C=O) groups is 2. The molecule has 0 aromatic heterocycles. The van der Waals surface area contributed by atoms with Crippen LogP contribution >= 0.6 is 0 Å². The summed E-state index contributed by atoms with van der Waals surface area (Å²) in [6, 6.07) is 16.6. The summed E-state index contributed by atoms with van der Waals surface area (Å²) in [6.45, 7) is 1.28. The first kappa shape index (κ1) is 23.9. The Morgan fingerprint density at radius 1 is 1.09 bits per heavy atom. The number of hydrogen-bond donors (Lipinski definition) is 1. The molecule has 0 bridgehead atoms. The zero-order valence-corrected chi connectivity index (χ0v) is 19.4. The fourth-order valence-electron chi connectivity index (χ4n) is 3.77. The van der Waals surface area contributed by atoms with E-state index >= 15 is 0 Å². The van der Waals surface area contributed by atoms with E-state index in [-0.39, 0.29) is 16.1 Å². The molecule has 1 aliphatic heterocycles. The van der Waals surface area contributed by atoms with Crippen molar-refractivity contribution < 1.29 is 27.7 Å². The van der Waals surface area contributed by atoms with Gasteiger partial charge in [0.1, 0.15) is 0 Å². The van der Waals surface area contributed by atoms with Crippen LogP contribution in [0.25, 0.3) is 0 Å². The first-order valence-electron chi connectivity index (χ1n) is 10.6. The predicted molar refractivity (Wildman–Crippen MR) is 128 cm³/mol. The van der Waals surface area contributed by atoms with Gasteiger partial charge in [0, 0.05) is 24.4 Å². The lowest BCUT2D eigenvalue weighted by Gasteiger charge is -2.19. The number of hydrogen-bond acceptors (Lipinski definition) is 7. The Labute approximate surface area is 201 Å². The highest BCUT2D eigenvalue weighted by Gasteiger charge is 2.31. The van der Waals surface area contributed by atoms with Crippen molar-refractivity contribution >= 4 is 39.0 Å². The van der Waals surface area contributed by atoms with Crippen molar-refractivity contribution in [1.82, 2.24) is 0 Å². The number of nitro benzene ring substituents is 1. The topological polar surface area (TPSA) is 136 Å². The molecule has 3 aromatic carbocycles. The molecule has 0 spiro atoms. The lowest BCUT2D eigenvalue weighted by atomic mass is 10.2. The molecule has 11 heteroatoms. The Morgan fingerprint density at radius 3 is 2.60 bits per heavy atom. The smallest absolute Gasteiger partial charge is 0.338 e. The van der Waals surface area contributed by atoms with Gasteiger partial charge in [0.25, 0.3) is 21.6 Å². The van der Waals surface area contributed by atoms with Gasteiger partial charge < -0.3 is 10.1 Å². The van der Waals surface area contributed by atoms with Crippen LogP contribution in [0.1, 0.15) is 21.5 Å². The Kier molecular flexibility index (Phi) is 6.52. The summed E-state index contributed by atoms with van der Waals surface area (Å²) in [6.07, 6.45) is 0.598. The number of ether oxygens (including phenoxy) is 1. The Balaban J connectivity index is 1.42. The molecule has 180 valence electrons. The minimum absolute atomic E-state index is 0.0159. The van der Waals surface area contributed by atoms with Crippen molar-refractivity contribution in [3.63, 3.8) is 0 Å². The zero-order valence-electron chi connectivity index (χ0n) is 18.6. The second-order valence-corrected chi connectivity index (χ2v) is 9.73. The summed E-state index contributed by atoms with van der Waals surface area (Å²) >= 11 is 0. The number of amides is 1. The molecule has 1 amide bonds. The molecule has 0 saturated carbocycles. The third-order valence-corrected chi connectivity index (χ3v) is 7.34. The number of aryl methyl sites for hydroxylation is 1. The fraction of sp³-hybridized carbons (Fsp3) is 0.167. The molecule has 10 nitrogen and oxygen atoms in total. The maximum absolute atomic E-state index is 13.2. The van der Waals surface area contributed by atoms with Crippen LogP contribution in [0, 0.1) is 17.0 Å². The third-order valence-electron chi connectivity index (χ3n) is 5.53. The molecule has 4 rings (SSSR count). The number of carbonyl (C=O) groups excluding carboxylic acids is 2. The van der Waals surface area contributed by atoms with Gasteiger partial charge in [-0.05, 0) is 54.8 Å². The van der Waals surface area contributed by atoms with Crippen molar-refractivity contribution in [3.05, 3.63) is 93.5 Å². The average molecular weight is 496 g/mol. The van der Waals surface area contributed by atoms with Crippen molar-refractivity contribution in [3.8, 4) is 0 Å². The van der Waals surface area contributed by atoms with Gasteiger partial charge in [-0.2, -0.15) is 0 Å². The molecule has 0 unspecified atom stereocenters. The molecule has 0 fully saturated rings. The van der Waals surface area contributed by atoms with Crippen molar-refractivity contribution in [2.75, 3.05) is 22.8 Å². The number of nitrogens with zero attached hydrogens (tertiary/aromatic N) is 2. The third kappa shape index (κ3) is 4.99. The summed E-state index contributed by atoms with van der Waals surface area (Å²) in [7, 11) is -3.90. The van der Waals surface area contributed by atoms with Gasteiger partial charge in [0.05, 0.1) is 21.1 Å². The van der Waals surface area contributed by atoms with E-state index in [9.17, 15) is 28.1 Å².